The van der Waals surface area contributed by atoms with Gasteiger partial charge in [-0.3, -0.25) is 18.6 Å². The van der Waals surface area contributed by atoms with E-state index in [1.165, 1.54) is 25.7 Å². The Labute approximate surface area is 322 Å². The van der Waals surface area contributed by atoms with Gasteiger partial charge < -0.3 is 20.1 Å². The summed E-state index contributed by atoms with van der Waals surface area (Å²) in [6.07, 6.45) is 46.4. The lowest BCUT2D eigenvalue weighted by molar-refractivity contribution is -0.161. The number of ether oxygens (including phenoxy) is 2. The van der Waals surface area contributed by atoms with Crippen molar-refractivity contribution < 1.29 is 37.6 Å². The monoisotopic (exact) mass is 764 g/mol. The van der Waals surface area contributed by atoms with Gasteiger partial charge in [0.25, 0.3) is 0 Å². The normalized spacial score (nSPS) is 14.1. The molecule has 3 N–H and O–H groups in total. The number of phosphoric acid groups is 1. The minimum absolute atomic E-state index is 0.0437. The van der Waals surface area contributed by atoms with Crippen LogP contribution in [0, 0.1) is 0 Å². The van der Waals surface area contributed by atoms with E-state index in [1.807, 2.05) is 0 Å². The molecule has 0 spiro atoms. The van der Waals surface area contributed by atoms with Crippen LogP contribution in [0.4, 0.5) is 0 Å². The molecule has 0 aliphatic heterocycles. The molecule has 0 bridgehead atoms. The summed E-state index contributed by atoms with van der Waals surface area (Å²) in [5, 5.41) is 0. The summed E-state index contributed by atoms with van der Waals surface area (Å²) >= 11 is 0. The summed E-state index contributed by atoms with van der Waals surface area (Å²) in [6, 6.07) is 0. The van der Waals surface area contributed by atoms with Gasteiger partial charge >= 0.3 is 19.8 Å². The SMILES string of the molecule is CCC=CCC=CCC=CCC=CCC=CCCCCCC(=O)OC[C@H](COP(=O)(O)OCCN)OC(=O)CCCCCCCC=CCCCCCC. The van der Waals surface area contributed by atoms with Crippen LogP contribution in [0.5, 0.6) is 0 Å². The average Bonchev–Trinajstić information content (AvgIpc) is 3.14. The second-order valence-corrected chi connectivity index (χ2v) is 14.6. The van der Waals surface area contributed by atoms with Crippen LogP contribution in [-0.2, 0) is 32.7 Å². The summed E-state index contributed by atoms with van der Waals surface area (Å²) < 4.78 is 32.7. The van der Waals surface area contributed by atoms with Gasteiger partial charge in [0.15, 0.2) is 6.10 Å². The molecule has 9 nitrogen and oxygen atoms in total. The predicted octanol–water partition coefficient (Wildman–Crippen LogP) is 11.5. The molecule has 2 atom stereocenters. The molecular formula is C43H74NO8P. The third-order valence-corrected chi connectivity index (χ3v) is 9.06. The minimum atomic E-state index is -4.39. The second-order valence-electron chi connectivity index (χ2n) is 13.1. The van der Waals surface area contributed by atoms with Crippen LogP contribution in [0.3, 0.4) is 0 Å². The molecule has 0 aliphatic carbocycles. The largest absolute Gasteiger partial charge is 0.472 e. The Bertz CT molecular complexity index is 1100. The van der Waals surface area contributed by atoms with Gasteiger partial charge in [0.1, 0.15) is 6.61 Å². The maximum absolute atomic E-state index is 12.5. The Morgan fingerprint density at radius 1 is 0.585 bits per heavy atom. The van der Waals surface area contributed by atoms with E-state index in [9.17, 15) is 19.0 Å². The molecule has 304 valence electrons. The fourth-order valence-corrected chi connectivity index (χ4v) is 5.83. The summed E-state index contributed by atoms with van der Waals surface area (Å²) in [5.41, 5.74) is 5.33. The van der Waals surface area contributed by atoms with Crippen molar-refractivity contribution >= 4 is 19.8 Å². The summed E-state index contributed by atoms with van der Waals surface area (Å²) in [5.74, 6) is -0.884. The molecule has 0 fully saturated rings. The number of esters is 2. The predicted molar refractivity (Wildman–Crippen MR) is 219 cm³/mol. The van der Waals surface area contributed by atoms with E-state index in [2.05, 4.69) is 86.8 Å². The average molecular weight is 764 g/mol. The molecule has 0 aromatic rings. The number of phosphoric ester groups is 1. The zero-order valence-corrected chi connectivity index (χ0v) is 34.1. The molecule has 0 radical (unpaired) electrons. The van der Waals surface area contributed by atoms with E-state index in [0.717, 1.165) is 89.9 Å². The Balaban J connectivity index is 4.27. The van der Waals surface area contributed by atoms with Crippen molar-refractivity contribution in [1.29, 1.82) is 0 Å². The Kier molecular flexibility index (Phi) is 37.3. The smallest absolute Gasteiger partial charge is 0.462 e. The topological polar surface area (TPSA) is 134 Å². The van der Waals surface area contributed by atoms with Crippen LogP contribution in [0.2, 0.25) is 0 Å². The fourth-order valence-electron chi connectivity index (χ4n) is 5.07. The van der Waals surface area contributed by atoms with Gasteiger partial charge in [-0.25, -0.2) is 4.57 Å². The molecule has 0 aliphatic rings. The highest BCUT2D eigenvalue weighted by atomic mass is 31.2. The highest BCUT2D eigenvalue weighted by Crippen LogP contribution is 2.43. The highest BCUT2D eigenvalue weighted by molar-refractivity contribution is 7.47. The Morgan fingerprint density at radius 3 is 1.58 bits per heavy atom. The first kappa shape index (κ1) is 50.5. The van der Waals surface area contributed by atoms with Crippen LogP contribution in [0.15, 0.2) is 72.9 Å². The molecule has 0 saturated heterocycles. The minimum Gasteiger partial charge on any atom is -0.462 e. The van der Waals surface area contributed by atoms with Crippen LogP contribution < -0.4 is 5.73 Å². The van der Waals surface area contributed by atoms with Crippen molar-refractivity contribution in [3.63, 3.8) is 0 Å². The summed E-state index contributed by atoms with van der Waals surface area (Å²) in [4.78, 5) is 34.8. The number of unbranched alkanes of at least 4 members (excludes halogenated alkanes) is 12. The Morgan fingerprint density at radius 2 is 1.04 bits per heavy atom. The van der Waals surface area contributed by atoms with Crippen molar-refractivity contribution in [3.05, 3.63) is 72.9 Å². The summed E-state index contributed by atoms with van der Waals surface area (Å²) in [7, 11) is -4.39. The van der Waals surface area contributed by atoms with Crippen LogP contribution >= 0.6 is 7.82 Å². The van der Waals surface area contributed by atoms with E-state index in [1.54, 1.807) is 0 Å². The van der Waals surface area contributed by atoms with Gasteiger partial charge in [-0.05, 0) is 83.5 Å². The number of nitrogens with two attached hydrogens (primary N) is 1. The van der Waals surface area contributed by atoms with Gasteiger partial charge in [-0.1, -0.05) is 132 Å². The first-order chi connectivity index (χ1) is 25.8. The second kappa shape index (κ2) is 39.2. The van der Waals surface area contributed by atoms with Gasteiger partial charge in [0, 0.05) is 19.4 Å². The molecule has 0 aromatic carbocycles. The quantitative estimate of drug-likeness (QED) is 0.0274. The molecule has 0 amide bonds. The van der Waals surface area contributed by atoms with E-state index >= 15 is 0 Å². The van der Waals surface area contributed by atoms with Gasteiger partial charge in [-0.15, -0.1) is 0 Å². The number of carbonyl (C=O) groups excluding carboxylic acids is 2. The maximum Gasteiger partial charge on any atom is 0.472 e. The number of hydrogen-bond acceptors (Lipinski definition) is 8. The van der Waals surface area contributed by atoms with Crippen LogP contribution in [0.1, 0.15) is 155 Å². The first-order valence-corrected chi connectivity index (χ1v) is 21.9. The zero-order valence-electron chi connectivity index (χ0n) is 33.2. The van der Waals surface area contributed by atoms with Crippen molar-refractivity contribution in [2.24, 2.45) is 5.73 Å². The van der Waals surface area contributed by atoms with E-state index < -0.39 is 32.5 Å². The maximum atomic E-state index is 12.5. The van der Waals surface area contributed by atoms with Gasteiger partial charge in [0.05, 0.1) is 13.2 Å². The van der Waals surface area contributed by atoms with E-state index in [4.69, 9.17) is 24.3 Å². The van der Waals surface area contributed by atoms with E-state index in [0.29, 0.717) is 12.8 Å². The highest BCUT2D eigenvalue weighted by Gasteiger charge is 2.25. The number of hydrogen-bond donors (Lipinski definition) is 2. The lowest BCUT2D eigenvalue weighted by atomic mass is 10.1. The third-order valence-electron chi connectivity index (χ3n) is 8.08. The number of allylic oxidation sites excluding steroid dienone is 12. The fraction of sp³-hybridized carbons (Fsp3) is 0.674. The molecule has 53 heavy (non-hydrogen) atoms. The van der Waals surface area contributed by atoms with Crippen molar-refractivity contribution in [2.45, 2.75) is 161 Å². The van der Waals surface area contributed by atoms with Crippen LogP contribution in [0.25, 0.3) is 0 Å². The lowest BCUT2D eigenvalue weighted by Crippen LogP contribution is -2.29. The third kappa shape index (κ3) is 39.0. The van der Waals surface area contributed by atoms with Crippen molar-refractivity contribution in [3.8, 4) is 0 Å². The van der Waals surface area contributed by atoms with Crippen LogP contribution in [-0.4, -0.2) is 49.3 Å². The first-order valence-electron chi connectivity index (χ1n) is 20.4. The standard InChI is InChI=1S/C43H74NO8P/c1-3-5-7-9-11-13-15-17-18-19-20-21-22-24-25-27-29-31-33-35-42(45)49-39-41(40-51-53(47,48)50-38-37-44)52-43(46)36-34-32-30-28-26-23-16-14-12-10-8-6-4-2/h5,7,11,13-14,16-18,20-21,24-25,41H,3-4,6,8-10,12,15,19,22-23,26-40,44H2,1-2H3,(H,47,48)/t41-/m1/s1. The van der Waals surface area contributed by atoms with Crippen molar-refractivity contribution in [1.82, 2.24) is 0 Å². The molecular weight excluding hydrogens is 689 g/mol. The lowest BCUT2D eigenvalue weighted by Gasteiger charge is -2.19. The molecule has 0 rings (SSSR count). The summed E-state index contributed by atoms with van der Waals surface area (Å²) in [6.45, 7) is 3.53. The molecule has 0 heterocycles. The Hall–Kier alpha value is -2.55. The molecule has 0 aromatic heterocycles. The molecule has 10 heteroatoms. The number of carbonyl (C=O) groups is 2. The number of rotatable bonds is 37. The van der Waals surface area contributed by atoms with Gasteiger partial charge in [0.2, 0.25) is 0 Å². The van der Waals surface area contributed by atoms with E-state index in [-0.39, 0.29) is 32.6 Å². The molecule has 0 saturated carbocycles. The molecule has 1 unspecified atom stereocenters. The van der Waals surface area contributed by atoms with Gasteiger partial charge in [-0.2, -0.15) is 0 Å². The van der Waals surface area contributed by atoms with Crippen molar-refractivity contribution in [2.75, 3.05) is 26.4 Å². The zero-order chi connectivity index (χ0) is 38.9.